The Bertz CT molecular complexity index is 1450. The summed E-state index contributed by atoms with van der Waals surface area (Å²) in [6, 6.07) is 17.8. The van der Waals surface area contributed by atoms with E-state index in [4.69, 9.17) is 4.74 Å². The van der Waals surface area contributed by atoms with Crippen molar-refractivity contribution in [2.75, 3.05) is 19.6 Å². The Balaban J connectivity index is 1.08. The van der Waals surface area contributed by atoms with E-state index in [1.165, 1.54) is 26.8 Å². The molecule has 4 aromatic rings. The molecule has 0 saturated carbocycles. The minimum absolute atomic E-state index is 0.250. The van der Waals surface area contributed by atoms with Crippen molar-refractivity contribution in [2.24, 2.45) is 13.0 Å². The molecular formula is C25H24N4O3S2. The first-order chi connectivity index (χ1) is 16.4. The highest BCUT2D eigenvalue weighted by Crippen LogP contribution is 2.34. The molecule has 2 aromatic carbocycles. The zero-order chi connectivity index (χ0) is 23.3. The van der Waals surface area contributed by atoms with E-state index in [9.17, 15) is 8.42 Å². The molecule has 0 spiro atoms. The molecule has 0 radical (unpaired) electrons. The van der Waals surface area contributed by atoms with E-state index in [1.54, 1.807) is 23.0 Å². The van der Waals surface area contributed by atoms with Crippen molar-refractivity contribution in [3.63, 3.8) is 0 Å². The van der Waals surface area contributed by atoms with Crippen LogP contribution in [0, 0.1) is 5.92 Å². The molecule has 4 heterocycles. The van der Waals surface area contributed by atoms with Gasteiger partial charge in [-0.2, -0.15) is 0 Å². The number of hydrogen-bond acceptors (Lipinski definition) is 6. The summed E-state index contributed by atoms with van der Waals surface area (Å²) in [5, 5.41) is 0.642. The SMILES string of the molecule is Cn1ccc(S(=O)(=O)N2C=C3CN(Cc4ccc(Oc5nc6ccccc6s5)cc4)CC3C2)c1. The molecule has 1 atom stereocenters. The second kappa shape index (κ2) is 8.26. The number of para-hydroxylation sites is 1. The first-order valence-electron chi connectivity index (χ1n) is 11.1. The minimum atomic E-state index is -3.48. The molecule has 7 nitrogen and oxygen atoms in total. The van der Waals surface area contributed by atoms with Crippen LogP contribution in [0.1, 0.15) is 5.56 Å². The molecule has 174 valence electrons. The maximum atomic E-state index is 12.9. The van der Waals surface area contributed by atoms with Crippen LogP contribution in [0.3, 0.4) is 0 Å². The van der Waals surface area contributed by atoms with Gasteiger partial charge in [-0.25, -0.2) is 13.4 Å². The number of rotatable bonds is 6. The summed E-state index contributed by atoms with van der Waals surface area (Å²) in [5.74, 6) is 1.02. The summed E-state index contributed by atoms with van der Waals surface area (Å²) >= 11 is 1.54. The smallest absolute Gasteiger partial charge is 0.279 e. The minimum Gasteiger partial charge on any atom is -0.431 e. The molecule has 1 saturated heterocycles. The highest BCUT2D eigenvalue weighted by molar-refractivity contribution is 7.89. The van der Waals surface area contributed by atoms with Gasteiger partial charge in [0.05, 0.1) is 10.2 Å². The van der Waals surface area contributed by atoms with E-state index < -0.39 is 10.0 Å². The van der Waals surface area contributed by atoms with Crippen molar-refractivity contribution in [3.05, 3.63) is 84.3 Å². The fourth-order valence-electron chi connectivity index (χ4n) is 4.63. The molecule has 2 aromatic heterocycles. The predicted molar refractivity (Wildman–Crippen MR) is 132 cm³/mol. The van der Waals surface area contributed by atoms with E-state index in [0.29, 0.717) is 16.6 Å². The van der Waals surface area contributed by atoms with Crippen LogP contribution in [0.5, 0.6) is 10.9 Å². The van der Waals surface area contributed by atoms with E-state index in [2.05, 4.69) is 22.0 Å². The summed E-state index contributed by atoms with van der Waals surface area (Å²) in [6.07, 6.45) is 5.24. The Hall–Kier alpha value is -3.14. The predicted octanol–water partition coefficient (Wildman–Crippen LogP) is 4.45. The van der Waals surface area contributed by atoms with Gasteiger partial charge in [-0.05, 0) is 41.5 Å². The third kappa shape index (κ3) is 4.00. The molecule has 9 heteroatoms. The van der Waals surface area contributed by atoms with Crippen LogP contribution < -0.4 is 4.74 Å². The highest BCUT2D eigenvalue weighted by Gasteiger charge is 2.37. The molecule has 34 heavy (non-hydrogen) atoms. The van der Waals surface area contributed by atoms with Crippen molar-refractivity contribution in [3.8, 4) is 10.9 Å². The van der Waals surface area contributed by atoms with Crippen molar-refractivity contribution in [1.29, 1.82) is 0 Å². The van der Waals surface area contributed by atoms with Gasteiger partial charge in [0.25, 0.3) is 15.2 Å². The van der Waals surface area contributed by atoms with Crippen molar-refractivity contribution in [2.45, 2.75) is 11.4 Å². The monoisotopic (exact) mass is 492 g/mol. The molecular weight excluding hydrogens is 468 g/mol. The normalized spacial score (nSPS) is 18.4. The average Bonchev–Trinajstić information content (AvgIpc) is 3.58. The van der Waals surface area contributed by atoms with Gasteiger partial charge < -0.3 is 9.30 Å². The number of likely N-dealkylation sites (tertiary alicyclic amines) is 1. The molecule has 6 rings (SSSR count). The van der Waals surface area contributed by atoms with Crippen LogP contribution in [-0.4, -0.2) is 46.8 Å². The molecule has 0 aliphatic carbocycles. The molecule has 0 bridgehead atoms. The highest BCUT2D eigenvalue weighted by atomic mass is 32.2. The average molecular weight is 493 g/mol. The maximum absolute atomic E-state index is 12.9. The van der Waals surface area contributed by atoms with E-state index in [-0.39, 0.29) is 5.92 Å². The summed E-state index contributed by atoms with van der Waals surface area (Å²) in [7, 11) is -1.65. The number of benzene rings is 2. The first-order valence-corrected chi connectivity index (χ1v) is 13.4. The fraction of sp³-hybridized carbons (Fsp3) is 0.240. The van der Waals surface area contributed by atoms with Gasteiger partial charge in [-0.3, -0.25) is 9.21 Å². The largest absolute Gasteiger partial charge is 0.431 e. The number of aryl methyl sites for hydroxylation is 1. The van der Waals surface area contributed by atoms with Crippen LogP contribution in [0.25, 0.3) is 10.2 Å². The van der Waals surface area contributed by atoms with Crippen LogP contribution >= 0.6 is 11.3 Å². The second-order valence-electron chi connectivity index (χ2n) is 8.85. The lowest BCUT2D eigenvalue weighted by molar-refractivity contribution is 0.306. The maximum Gasteiger partial charge on any atom is 0.279 e. The summed E-state index contributed by atoms with van der Waals surface area (Å²) in [5.41, 5.74) is 3.34. The molecule has 2 aliphatic heterocycles. The van der Waals surface area contributed by atoms with E-state index in [1.807, 2.05) is 49.6 Å². The van der Waals surface area contributed by atoms with Gasteiger partial charge in [0.2, 0.25) is 0 Å². The molecule has 1 fully saturated rings. The van der Waals surface area contributed by atoms with E-state index >= 15 is 0 Å². The topological polar surface area (TPSA) is 67.7 Å². The lowest BCUT2D eigenvalue weighted by Gasteiger charge is -2.20. The van der Waals surface area contributed by atoms with Crippen molar-refractivity contribution < 1.29 is 13.2 Å². The van der Waals surface area contributed by atoms with Crippen molar-refractivity contribution >= 4 is 31.6 Å². The van der Waals surface area contributed by atoms with Gasteiger partial charge in [0, 0.05) is 57.7 Å². The number of thiazole rings is 1. The third-order valence-electron chi connectivity index (χ3n) is 6.34. The number of sulfonamides is 1. The Morgan fingerprint density at radius 1 is 1.09 bits per heavy atom. The fourth-order valence-corrected chi connectivity index (χ4v) is 6.92. The van der Waals surface area contributed by atoms with Crippen LogP contribution in [0.15, 0.2) is 83.7 Å². The van der Waals surface area contributed by atoms with E-state index in [0.717, 1.165) is 35.6 Å². The lowest BCUT2D eigenvalue weighted by atomic mass is 10.1. The van der Waals surface area contributed by atoms with Gasteiger partial charge in [0.15, 0.2) is 0 Å². The Morgan fingerprint density at radius 2 is 1.91 bits per heavy atom. The number of fused-ring (bicyclic) bond motifs is 2. The van der Waals surface area contributed by atoms with Gasteiger partial charge in [-0.15, -0.1) is 0 Å². The Labute approximate surface area is 202 Å². The first kappa shape index (κ1) is 21.4. The van der Waals surface area contributed by atoms with Crippen LogP contribution in [0.2, 0.25) is 0 Å². The summed E-state index contributed by atoms with van der Waals surface area (Å²) < 4.78 is 36.1. The Morgan fingerprint density at radius 3 is 2.65 bits per heavy atom. The molecule has 0 N–H and O–H groups in total. The Kier molecular flexibility index (Phi) is 5.20. The number of aromatic nitrogens is 2. The van der Waals surface area contributed by atoms with Crippen LogP contribution in [-0.2, 0) is 23.6 Å². The van der Waals surface area contributed by atoms with Gasteiger partial charge in [-0.1, -0.05) is 35.6 Å². The lowest BCUT2D eigenvalue weighted by Crippen LogP contribution is -2.29. The molecule has 0 amide bonds. The molecule has 1 unspecified atom stereocenters. The zero-order valence-electron chi connectivity index (χ0n) is 18.7. The number of hydrogen-bond donors (Lipinski definition) is 0. The van der Waals surface area contributed by atoms with Gasteiger partial charge >= 0.3 is 0 Å². The standard InChI is InChI=1S/C25H24N4O3S2/c1-27-11-10-22(17-27)34(30,31)29-15-19-13-28(14-20(19)16-29)12-18-6-8-21(9-7-18)32-25-26-23-4-2-3-5-24(23)33-25/h2-11,15,17,20H,12-14,16H2,1H3. The van der Waals surface area contributed by atoms with Crippen LogP contribution in [0.4, 0.5) is 0 Å². The third-order valence-corrected chi connectivity index (χ3v) is 8.96. The van der Waals surface area contributed by atoms with Gasteiger partial charge in [0.1, 0.15) is 10.6 Å². The summed E-state index contributed by atoms with van der Waals surface area (Å²) in [6.45, 7) is 2.98. The zero-order valence-corrected chi connectivity index (χ0v) is 20.3. The quantitative estimate of drug-likeness (QED) is 0.398. The number of nitrogens with zero attached hydrogens (tertiary/aromatic N) is 4. The molecule has 2 aliphatic rings. The number of ether oxygens (including phenoxy) is 1. The second-order valence-corrected chi connectivity index (χ2v) is 11.7. The summed E-state index contributed by atoms with van der Waals surface area (Å²) in [4.78, 5) is 7.24. The van der Waals surface area contributed by atoms with Crippen molar-refractivity contribution in [1.82, 2.24) is 18.8 Å².